The molecule has 1 aromatic carbocycles. The van der Waals surface area contributed by atoms with E-state index >= 15 is 0 Å². The summed E-state index contributed by atoms with van der Waals surface area (Å²) in [5, 5.41) is 6.54. The Bertz CT molecular complexity index is 760. The van der Waals surface area contributed by atoms with Gasteiger partial charge < -0.3 is 5.32 Å². The van der Waals surface area contributed by atoms with Crippen molar-refractivity contribution in [2.75, 3.05) is 25.0 Å². The number of nitrogens with zero attached hydrogens (tertiary/aromatic N) is 4. The maximum Gasteiger partial charge on any atom is 0.416 e. The second-order valence-electron chi connectivity index (χ2n) is 6.60. The van der Waals surface area contributed by atoms with Crippen molar-refractivity contribution in [1.82, 2.24) is 19.7 Å². The van der Waals surface area contributed by atoms with Crippen LogP contribution in [0.25, 0.3) is 5.69 Å². The van der Waals surface area contributed by atoms with Crippen LogP contribution in [-0.2, 0) is 11.0 Å². The number of carbonyl (C=O) groups is 1. The highest BCUT2D eigenvalue weighted by Crippen LogP contribution is 2.33. The van der Waals surface area contributed by atoms with E-state index < -0.39 is 11.7 Å². The molecule has 1 aliphatic rings. The normalized spacial score (nSPS) is 18.7. The predicted octanol–water partition coefficient (Wildman–Crippen LogP) is 2.96. The molecule has 1 unspecified atom stereocenters. The van der Waals surface area contributed by atoms with Crippen LogP contribution in [0.2, 0.25) is 0 Å². The minimum absolute atomic E-state index is 0.0559. The molecule has 2 heterocycles. The zero-order valence-corrected chi connectivity index (χ0v) is 14.3. The molecule has 1 fully saturated rings. The maximum absolute atomic E-state index is 13.0. The summed E-state index contributed by atoms with van der Waals surface area (Å²) < 4.78 is 40.4. The fourth-order valence-electron chi connectivity index (χ4n) is 3.17. The van der Waals surface area contributed by atoms with Gasteiger partial charge in [0.15, 0.2) is 0 Å². The third-order valence-electron chi connectivity index (χ3n) is 4.37. The van der Waals surface area contributed by atoms with Crippen LogP contribution in [0.3, 0.4) is 0 Å². The molecule has 1 N–H and O–H groups in total. The van der Waals surface area contributed by atoms with Crippen LogP contribution in [0.5, 0.6) is 0 Å². The summed E-state index contributed by atoms with van der Waals surface area (Å²) in [5.74, 6) is 0.163. The summed E-state index contributed by atoms with van der Waals surface area (Å²) in [4.78, 5) is 18.2. The monoisotopic (exact) mass is 367 g/mol. The van der Waals surface area contributed by atoms with Gasteiger partial charge >= 0.3 is 6.18 Å². The number of hydrogen-bond acceptors (Lipinski definition) is 4. The molecule has 6 nitrogen and oxygen atoms in total. The van der Waals surface area contributed by atoms with E-state index in [-0.39, 0.29) is 18.1 Å². The van der Waals surface area contributed by atoms with Crippen LogP contribution < -0.4 is 5.32 Å². The van der Waals surface area contributed by atoms with Crippen LogP contribution in [0.1, 0.15) is 25.3 Å². The van der Waals surface area contributed by atoms with E-state index in [0.29, 0.717) is 11.6 Å². The van der Waals surface area contributed by atoms with Crippen LogP contribution in [-0.4, -0.2) is 45.2 Å². The van der Waals surface area contributed by atoms with Gasteiger partial charge in [0.1, 0.15) is 12.7 Å². The lowest BCUT2D eigenvalue weighted by molar-refractivity contribution is -0.137. The van der Waals surface area contributed by atoms with Gasteiger partial charge in [0, 0.05) is 6.54 Å². The average Bonchev–Trinajstić information content (AvgIpc) is 3.08. The summed E-state index contributed by atoms with van der Waals surface area (Å²) in [6.07, 6.45) is 0.288. The van der Waals surface area contributed by atoms with Gasteiger partial charge in [0.2, 0.25) is 5.91 Å². The highest BCUT2D eigenvalue weighted by molar-refractivity contribution is 5.94. The first-order chi connectivity index (χ1) is 12.3. The summed E-state index contributed by atoms with van der Waals surface area (Å²) in [6.45, 7) is 3.90. The second kappa shape index (κ2) is 7.45. The Morgan fingerprint density at radius 1 is 1.38 bits per heavy atom. The van der Waals surface area contributed by atoms with Crippen LogP contribution >= 0.6 is 0 Å². The lowest BCUT2D eigenvalue weighted by Crippen LogP contribution is -2.39. The Morgan fingerprint density at radius 2 is 2.19 bits per heavy atom. The molecule has 1 amide bonds. The third-order valence-corrected chi connectivity index (χ3v) is 4.37. The molecule has 0 saturated carbocycles. The minimum Gasteiger partial charge on any atom is -0.323 e. The zero-order chi connectivity index (χ0) is 18.7. The molecule has 2 aromatic rings. The Balaban J connectivity index is 1.81. The number of hydrogen-bond donors (Lipinski definition) is 1. The van der Waals surface area contributed by atoms with Gasteiger partial charge in [-0.15, -0.1) is 0 Å². The fourth-order valence-corrected chi connectivity index (χ4v) is 3.17. The molecular formula is C17H20F3N5O. The first-order valence-corrected chi connectivity index (χ1v) is 8.41. The van der Waals surface area contributed by atoms with Gasteiger partial charge in [-0.2, -0.15) is 18.3 Å². The van der Waals surface area contributed by atoms with Gasteiger partial charge in [0.25, 0.3) is 0 Å². The number of nitrogens with one attached hydrogen (secondary N) is 1. The number of rotatable bonds is 4. The quantitative estimate of drug-likeness (QED) is 0.903. The number of benzene rings is 1. The van der Waals surface area contributed by atoms with E-state index in [9.17, 15) is 18.0 Å². The smallest absolute Gasteiger partial charge is 0.323 e. The van der Waals surface area contributed by atoms with Gasteiger partial charge in [-0.25, -0.2) is 9.67 Å². The summed E-state index contributed by atoms with van der Waals surface area (Å²) in [7, 11) is 0. The Hall–Kier alpha value is -2.42. The third kappa shape index (κ3) is 4.40. The van der Waals surface area contributed by atoms with Crippen molar-refractivity contribution in [1.29, 1.82) is 0 Å². The van der Waals surface area contributed by atoms with Crippen LogP contribution in [0.15, 0.2) is 30.9 Å². The molecule has 1 aromatic heterocycles. The van der Waals surface area contributed by atoms with E-state index in [1.165, 1.54) is 23.4 Å². The second-order valence-corrected chi connectivity index (χ2v) is 6.60. The van der Waals surface area contributed by atoms with Crippen molar-refractivity contribution < 1.29 is 18.0 Å². The lowest BCUT2D eigenvalue weighted by atomic mass is 10.0. The summed E-state index contributed by atoms with van der Waals surface area (Å²) in [5.41, 5.74) is -0.445. The van der Waals surface area contributed by atoms with Crippen molar-refractivity contribution >= 4 is 11.6 Å². The highest BCUT2D eigenvalue weighted by atomic mass is 19.4. The van der Waals surface area contributed by atoms with Gasteiger partial charge in [-0.05, 0) is 43.5 Å². The van der Waals surface area contributed by atoms with Crippen molar-refractivity contribution in [2.45, 2.75) is 25.9 Å². The van der Waals surface area contributed by atoms with Gasteiger partial charge in [0.05, 0.1) is 23.5 Å². The van der Waals surface area contributed by atoms with Crippen molar-refractivity contribution in [3.8, 4) is 5.69 Å². The average molecular weight is 367 g/mol. The predicted molar refractivity (Wildman–Crippen MR) is 89.8 cm³/mol. The molecule has 0 radical (unpaired) electrons. The molecular weight excluding hydrogens is 347 g/mol. The molecule has 9 heteroatoms. The molecule has 1 atom stereocenters. The van der Waals surface area contributed by atoms with Crippen LogP contribution in [0.4, 0.5) is 18.9 Å². The zero-order valence-electron chi connectivity index (χ0n) is 14.3. The lowest BCUT2D eigenvalue weighted by Gasteiger charge is -2.30. The van der Waals surface area contributed by atoms with E-state index in [4.69, 9.17) is 0 Å². The van der Waals surface area contributed by atoms with Gasteiger partial charge in [-0.1, -0.05) is 6.92 Å². The van der Waals surface area contributed by atoms with E-state index in [2.05, 4.69) is 22.3 Å². The number of piperidine rings is 1. The summed E-state index contributed by atoms with van der Waals surface area (Å²) in [6, 6.07) is 3.16. The van der Waals surface area contributed by atoms with Crippen molar-refractivity contribution in [3.63, 3.8) is 0 Å². The van der Waals surface area contributed by atoms with Crippen LogP contribution in [0, 0.1) is 5.92 Å². The number of halogens is 3. The molecule has 26 heavy (non-hydrogen) atoms. The number of amides is 1. The number of carbonyl (C=O) groups excluding carboxylic acids is 1. The molecule has 1 saturated heterocycles. The van der Waals surface area contributed by atoms with Crippen molar-refractivity contribution in [3.05, 3.63) is 36.4 Å². The number of aromatic nitrogens is 3. The molecule has 0 aliphatic carbocycles. The molecule has 3 rings (SSSR count). The standard InChI is InChI=1S/C17H20F3N5O/c1-12-3-2-6-24(8-12)9-16(26)23-14-7-13(17(18,19)20)4-5-15(14)25-11-21-10-22-25/h4-5,7,10-12H,2-3,6,8-9H2,1H3,(H,23,26). The number of alkyl halides is 3. The van der Waals surface area contributed by atoms with Crippen molar-refractivity contribution in [2.24, 2.45) is 5.92 Å². The SMILES string of the molecule is CC1CCCN(CC(=O)Nc2cc(C(F)(F)F)ccc2-n2cncn2)C1. The Kier molecular flexibility index (Phi) is 5.26. The first-order valence-electron chi connectivity index (χ1n) is 8.41. The topological polar surface area (TPSA) is 63.1 Å². The fraction of sp³-hybridized carbons (Fsp3) is 0.471. The Morgan fingerprint density at radius 3 is 2.85 bits per heavy atom. The minimum atomic E-state index is -4.50. The largest absolute Gasteiger partial charge is 0.416 e. The van der Waals surface area contributed by atoms with E-state index in [1.54, 1.807) is 0 Å². The number of anilines is 1. The highest BCUT2D eigenvalue weighted by Gasteiger charge is 2.31. The molecule has 1 aliphatic heterocycles. The van der Waals surface area contributed by atoms with E-state index in [1.807, 2.05) is 4.90 Å². The Labute approximate surface area is 149 Å². The number of likely N-dealkylation sites (tertiary alicyclic amines) is 1. The first kappa shape index (κ1) is 18.4. The molecule has 0 spiro atoms. The summed E-state index contributed by atoms with van der Waals surface area (Å²) >= 11 is 0. The maximum atomic E-state index is 13.0. The van der Waals surface area contributed by atoms with E-state index in [0.717, 1.165) is 38.1 Å². The molecule has 140 valence electrons. The molecule has 0 bridgehead atoms. The van der Waals surface area contributed by atoms with Gasteiger partial charge in [-0.3, -0.25) is 9.69 Å².